The molecule has 0 radical (unpaired) electrons. The first-order valence-corrected chi connectivity index (χ1v) is 8.58. The smallest absolute Gasteiger partial charge is 0.00576 e. The lowest BCUT2D eigenvalue weighted by atomic mass is 9.91. The van der Waals surface area contributed by atoms with Crippen molar-refractivity contribution in [3.8, 4) is 11.1 Å². The molecule has 0 saturated carbocycles. The van der Waals surface area contributed by atoms with Gasteiger partial charge in [0.2, 0.25) is 0 Å². The second-order valence-electron chi connectivity index (χ2n) is 6.59. The van der Waals surface area contributed by atoms with Gasteiger partial charge in [0.15, 0.2) is 0 Å². The molecule has 0 aliphatic heterocycles. The largest absolute Gasteiger partial charge is 0.0652 e. The Morgan fingerprint density at radius 1 is 0.870 bits per heavy atom. The van der Waals surface area contributed by atoms with Crippen molar-refractivity contribution in [2.75, 3.05) is 0 Å². The normalized spacial score (nSPS) is 13.2. The highest BCUT2D eigenvalue weighted by Gasteiger charge is 2.17. The molecule has 0 spiro atoms. The van der Waals surface area contributed by atoms with Gasteiger partial charge in [0.25, 0.3) is 0 Å². The SMILES string of the molecule is CCCC1=Cc2c(cccc2-c2cccc3cccc(C)c23)C1. The molecule has 0 amide bonds. The third-order valence-electron chi connectivity index (χ3n) is 4.94. The van der Waals surface area contributed by atoms with E-state index in [4.69, 9.17) is 0 Å². The Morgan fingerprint density at radius 2 is 1.61 bits per heavy atom. The number of hydrogen-bond donors (Lipinski definition) is 0. The molecule has 0 heteroatoms. The average Bonchev–Trinajstić information content (AvgIpc) is 2.97. The molecule has 0 nitrogen and oxygen atoms in total. The molecule has 0 heterocycles. The maximum atomic E-state index is 2.44. The van der Waals surface area contributed by atoms with E-state index in [1.54, 1.807) is 5.57 Å². The van der Waals surface area contributed by atoms with Gasteiger partial charge >= 0.3 is 0 Å². The number of allylic oxidation sites excluding steroid dienone is 1. The summed E-state index contributed by atoms with van der Waals surface area (Å²) in [5, 5.41) is 2.72. The van der Waals surface area contributed by atoms with Crippen molar-refractivity contribution in [2.45, 2.75) is 33.1 Å². The molecule has 4 rings (SSSR count). The van der Waals surface area contributed by atoms with Crippen LogP contribution in [0, 0.1) is 6.92 Å². The molecular formula is C23H22. The van der Waals surface area contributed by atoms with Crippen LogP contribution < -0.4 is 0 Å². The molecule has 1 aliphatic carbocycles. The third kappa shape index (κ3) is 2.39. The van der Waals surface area contributed by atoms with Crippen molar-refractivity contribution in [1.29, 1.82) is 0 Å². The Labute approximate surface area is 138 Å². The number of rotatable bonds is 3. The molecule has 0 N–H and O–H groups in total. The van der Waals surface area contributed by atoms with Crippen LogP contribution in [0.5, 0.6) is 0 Å². The quantitative estimate of drug-likeness (QED) is 0.514. The highest BCUT2D eigenvalue weighted by molar-refractivity contribution is 6.01. The highest BCUT2D eigenvalue weighted by Crippen LogP contribution is 2.38. The summed E-state index contributed by atoms with van der Waals surface area (Å²) in [5.41, 5.74) is 8.60. The summed E-state index contributed by atoms with van der Waals surface area (Å²) in [7, 11) is 0. The lowest BCUT2D eigenvalue weighted by Gasteiger charge is -2.13. The van der Waals surface area contributed by atoms with Gasteiger partial charge in [0.05, 0.1) is 0 Å². The van der Waals surface area contributed by atoms with Crippen LogP contribution in [0.3, 0.4) is 0 Å². The lowest BCUT2D eigenvalue weighted by molar-refractivity contribution is 0.886. The minimum absolute atomic E-state index is 1.13. The van der Waals surface area contributed by atoms with Crippen LogP contribution in [-0.2, 0) is 6.42 Å². The Morgan fingerprint density at radius 3 is 2.43 bits per heavy atom. The molecule has 23 heavy (non-hydrogen) atoms. The standard InChI is InChI=1S/C23H22/c1-3-7-17-14-19-11-6-12-20(22(19)15-17)21-13-5-10-18-9-4-8-16(2)23(18)21/h4-6,8-13,15H,3,7,14H2,1-2H3. The number of benzene rings is 3. The highest BCUT2D eigenvalue weighted by atomic mass is 14.2. The van der Waals surface area contributed by atoms with Crippen LogP contribution >= 0.6 is 0 Å². The fourth-order valence-electron chi connectivity index (χ4n) is 3.91. The summed E-state index contributed by atoms with van der Waals surface area (Å²) >= 11 is 0. The predicted molar refractivity (Wildman–Crippen MR) is 101 cm³/mol. The summed E-state index contributed by atoms with van der Waals surface area (Å²) in [4.78, 5) is 0. The lowest BCUT2D eigenvalue weighted by Crippen LogP contribution is -1.90. The summed E-state index contributed by atoms with van der Waals surface area (Å²) in [6, 6.07) is 20.0. The molecule has 0 saturated heterocycles. The molecule has 0 aromatic heterocycles. The van der Waals surface area contributed by atoms with E-state index in [0.717, 1.165) is 6.42 Å². The summed E-state index contributed by atoms with van der Waals surface area (Å²) in [6.45, 7) is 4.48. The molecule has 0 atom stereocenters. The van der Waals surface area contributed by atoms with E-state index in [1.807, 2.05) is 0 Å². The van der Waals surface area contributed by atoms with Crippen molar-refractivity contribution in [1.82, 2.24) is 0 Å². The second kappa shape index (κ2) is 5.70. The van der Waals surface area contributed by atoms with Gasteiger partial charge < -0.3 is 0 Å². The number of hydrogen-bond acceptors (Lipinski definition) is 0. The minimum Gasteiger partial charge on any atom is -0.0652 e. The summed E-state index contributed by atoms with van der Waals surface area (Å²) in [5.74, 6) is 0. The predicted octanol–water partition coefficient (Wildman–Crippen LogP) is 6.55. The first-order valence-electron chi connectivity index (χ1n) is 8.58. The zero-order valence-electron chi connectivity index (χ0n) is 13.9. The van der Waals surface area contributed by atoms with Crippen LogP contribution in [0.1, 0.15) is 36.5 Å². The second-order valence-corrected chi connectivity index (χ2v) is 6.59. The van der Waals surface area contributed by atoms with E-state index >= 15 is 0 Å². The molecule has 0 unspecified atom stereocenters. The number of fused-ring (bicyclic) bond motifs is 2. The molecule has 114 valence electrons. The van der Waals surface area contributed by atoms with Gasteiger partial charge in [0, 0.05) is 0 Å². The molecule has 3 aromatic carbocycles. The van der Waals surface area contributed by atoms with E-state index in [0.29, 0.717) is 0 Å². The van der Waals surface area contributed by atoms with Gasteiger partial charge in [-0.2, -0.15) is 0 Å². The fourth-order valence-corrected chi connectivity index (χ4v) is 3.91. The summed E-state index contributed by atoms with van der Waals surface area (Å²) in [6.07, 6.45) is 6.00. The third-order valence-corrected chi connectivity index (χ3v) is 4.94. The fraction of sp³-hybridized carbons (Fsp3) is 0.217. The van der Waals surface area contributed by atoms with Crippen molar-refractivity contribution in [3.63, 3.8) is 0 Å². The van der Waals surface area contributed by atoms with Gasteiger partial charge in [0.1, 0.15) is 0 Å². The van der Waals surface area contributed by atoms with Gasteiger partial charge in [-0.3, -0.25) is 0 Å². The Bertz CT molecular complexity index is 907. The zero-order chi connectivity index (χ0) is 15.8. The summed E-state index contributed by atoms with van der Waals surface area (Å²) < 4.78 is 0. The molecule has 0 fully saturated rings. The Kier molecular flexibility index (Phi) is 3.53. The average molecular weight is 298 g/mol. The maximum absolute atomic E-state index is 2.44. The van der Waals surface area contributed by atoms with Crippen LogP contribution in [-0.4, -0.2) is 0 Å². The van der Waals surface area contributed by atoms with Crippen LogP contribution in [0.2, 0.25) is 0 Å². The van der Waals surface area contributed by atoms with E-state index < -0.39 is 0 Å². The first-order chi connectivity index (χ1) is 11.3. The Hall–Kier alpha value is -2.34. The topological polar surface area (TPSA) is 0 Å². The van der Waals surface area contributed by atoms with Gasteiger partial charge in [-0.05, 0) is 58.4 Å². The number of aryl methyl sites for hydroxylation is 1. The van der Waals surface area contributed by atoms with Crippen molar-refractivity contribution in [3.05, 3.63) is 76.9 Å². The van der Waals surface area contributed by atoms with E-state index in [-0.39, 0.29) is 0 Å². The Balaban J connectivity index is 1.96. The van der Waals surface area contributed by atoms with Gasteiger partial charge in [-0.1, -0.05) is 79.6 Å². The zero-order valence-corrected chi connectivity index (χ0v) is 13.9. The van der Waals surface area contributed by atoms with Crippen LogP contribution in [0.4, 0.5) is 0 Å². The van der Waals surface area contributed by atoms with Gasteiger partial charge in [-0.25, -0.2) is 0 Å². The van der Waals surface area contributed by atoms with Gasteiger partial charge in [-0.15, -0.1) is 0 Å². The van der Waals surface area contributed by atoms with Crippen molar-refractivity contribution >= 4 is 16.8 Å². The van der Waals surface area contributed by atoms with Crippen molar-refractivity contribution in [2.24, 2.45) is 0 Å². The molecule has 3 aromatic rings. The van der Waals surface area contributed by atoms with E-state index in [9.17, 15) is 0 Å². The van der Waals surface area contributed by atoms with Crippen LogP contribution in [0.25, 0.3) is 28.0 Å². The maximum Gasteiger partial charge on any atom is -0.00576 e. The first kappa shape index (κ1) is 14.3. The van der Waals surface area contributed by atoms with E-state index in [1.165, 1.54) is 51.4 Å². The molecular weight excluding hydrogens is 276 g/mol. The molecule has 0 bridgehead atoms. The molecule has 1 aliphatic rings. The van der Waals surface area contributed by atoms with Crippen LogP contribution in [0.15, 0.2) is 60.2 Å². The minimum atomic E-state index is 1.13. The van der Waals surface area contributed by atoms with Crippen molar-refractivity contribution < 1.29 is 0 Å². The van der Waals surface area contributed by atoms with E-state index in [2.05, 4.69) is 74.5 Å². The monoisotopic (exact) mass is 298 g/mol.